The lowest BCUT2D eigenvalue weighted by Crippen LogP contribution is -2.30. The molecule has 1 aromatic rings. The van der Waals surface area contributed by atoms with E-state index in [9.17, 15) is 4.79 Å². The molecular formula is C15H19NO3. The molecule has 0 unspecified atom stereocenters. The first-order valence-corrected chi connectivity index (χ1v) is 6.87. The summed E-state index contributed by atoms with van der Waals surface area (Å²) >= 11 is 0. The van der Waals surface area contributed by atoms with Crippen molar-refractivity contribution in [2.24, 2.45) is 5.41 Å². The summed E-state index contributed by atoms with van der Waals surface area (Å²) in [6.07, 6.45) is 3.87. The molecule has 4 heteroatoms. The van der Waals surface area contributed by atoms with Crippen molar-refractivity contribution in [2.45, 2.75) is 25.7 Å². The van der Waals surface area contributed by atoms with Crippen molar-refractivity contribution in [3.8, 4) is 5.75 Å². The van der Waals surface area contributed by atoms with E-state index in [2.05, 4.69) is 5.32 Å². The molecule has 4 nitrogen and oxygen atoms in total. The number of ether oxygens (including phenoxy) is 1. The third-order valence-electron chi connectivity index (χ3n) is 4.17. The predicted octanol–water partition coefficient (Wildman–Crippen LogP) is 1.51. The van der Waals surface area contributed by atoms with Gasteiger partial charge >= 0.3 is 0 Å². The molecule has 102 valence electrons. The maximum absolute atomic E-state index is 12.1. The summed E-state index contributed by atoms with van der Waals surface area (Å²) in [5.41, 5.74) is 1.97. The number of aliphatic hydroxyl groups is 1. The van der Waals surface area contributed by atoms with Crippen molar-refractivity contribution in [1.29, 1.82) is 0 Å². The number of carbonyl (C=O) groups is 1. The van der Waals surface area contributed by atoms with Crippen LogP contribution in [-0.2, 0) is 6.42 Å². The molecule has 1 fully saturated rings. The van der Waals surface area contributed by atoms with Crippen LogP contribution in [0.1, 0.15) is 35.2 Å². The van der Waals surface area contributed by atoms with Crippen LogP contribution in [0.15, 0.2) is 18.2 Å². The number of benzene rings is 1. The molecule has 2 aliphatic rings. The summed E-state index contributed by atoms with van der Waals surface area (Å²) in [6, 6.07) is 5.60. The van der Waals surface area contributed by atoms with Crippen molar-refractivity contribution >= 4 is 5.91 Å². The highest BCUT2D eigenvalue weighted by molar-refractivity contribution is 5.94. The molecule has 0 radical (unpaired) electrons. The number of amides is 1. The summed E-state index contributed by atoms with van der Waals surface area (Å²) in [7, 11) is 0. The number of rotatable bonds is 5. The summed E-state index contributed by atoms with van der Waals surface area (Å²) in [6.45, 7) is 1.58. The molecule has 1 aromatic carbocycles. The minimum absolute atomic E-state index is 0.0288. The number of aliphatic hydroxyl groups excluding tert-OH is 1. The highest BCUT2D eigenvalue weighted by atomic mass is 16.5. The molecule has 1 amide bonds. The first kappa shape index (κ1) is 12.5. The van der Waals surface area contributed by atoms with Gasteiger partial charge in [-0.3, -0.25) is 4.79 Å². The van der Waals surface area contributed by atoms with Gasteiger partial charge in [-0.05, 0) is 48.4 Å². The van der Waals surface area contributed by atoms with Gasteiger partial charge in [0.15, 0.2) is 0 Å². The van der Waals surface area contributed by atoms with Crippen LogP contribution in [0.2, 0.25) is 0 Å². The molecule has 19 heavy (non-hydrogen) atoms. The maximum atomic E-state index is 12.1. The van der Waals surface area contributed by atoms with E-state index in [1.807, 2.05) is 18.2 Å². The molecule has 1 heterocycles. The maximum Gasteiger partial charge on any atom is 0.251 e. The quantitative estimate of drug-likeness (QED) is 0.844. The highest BCUT2D eigenvalue weighted by Gasteiger charge is 2.41. The standard InChI is InChI=1S/C15H19NO3/c17-7-6-15(4-5-15)10-16-14(18)12-1-2-13-11(9-12)3-8-19-13/h1-2,9,17H,3-8,10H2,(H,16,18). The monoisotopic (exact) mass is 261 g/mol. The van der Waals surface area contributed by atoms with Crippen molar-refractivity contribution < 1.29 is 14.6 Å². The van der Waals surface area contributed by atoms with Crippen LogP contribution in [0, 0.1) is 5.41 Å². The number of hydrogen-bond acceptors (Lipinski definition) is 3. The Kier molecular flexibility index (Phi) is 3.19. The minimum Gasteiger partial charge on any atom is -0.493 e. The Labute approximate surface area is 112 Å². The molecule has 0 spiro atoms. The first-order valence-electron chi connectivity index (χ1n) is 6.87. The zero-order valence-electron chi connectivity index (χ0n) is 10.9. The fourth-order valence-corrected chi connectivity index (χ4v) is 2.63. The third kappa shape index (κ3) is 2.59. The van der Waals surface area contributed by atoms with E-state index in [0.717, 1.165) is 37.0 Å². The van der Waals surface area contributed by atoms with Gasteiger partial charge in [0.05, 0.1) is 6.61 Å². The van der Waals surface area contributed by atoms with Gasteiger partial charge in [-0.2, -0.15) is 0 Å². The molecule has 1 aliphatic heterocycles. The second kappa shape index (κ2) is 4.85. The molecule has 3 rings (SSSR count). The molecule has 0 bridgehead atoms. The zero-order valence-corrected chi connectivity index (χ0v) is 10.9. The Hall–Kier alpha value is -1.55. The van der Waals surface area contributed by atoms with E-state index in [-0.39, 0.29) is 17.9 Å². The van der Waals surface area contributed by atoms with Gasteiger partial charge in [0.25, 0.3) is 5.91 Å². The highest BCUT2D eigenvalue weighted by Crippen LogP contribution is 2.47. The molecule has 2 N–H and O–H groups in total. The topological polar surface area (TPSA) is 58.6 Å². The van der Waals surface area contributed by atoms with Crippen LogP contribution >= 0.6 is 0 Å². The Morgan fingerprint density at radius 3 is 3.00 bits per heavy atom. The van der Waals surface area contributed by atoms with Crippen LogP contribution in [0.25, 0.3) is 0 Å². The Bertz CT molecular complexity index is 494. The second-order valence-electron chi connectivity index (χ2n) is 5.58. The van der Waals surface area contributed by atoms with E-state index in [1.165, 1.54) is 0 Å². The van der Waals surface area contributed by atoms with Gasteiger partial charge in [-0.1, -0.05) is 0 Å². The average Bonchev–Trinajstić information content (AvgIpc) is 3.02. The van der Waals surface area contributed by atoms with Gasteiger partial charge in [0.2, 0.25) is 0 Å². The van der Waals surface area contributed by atoms with Crippen LogP contribution in [0.3, 0.4) is 0 Å². The lowest BCUT2D eigenvalue weighted by molar-refractivity contribution is 0.0940. The average molecular weight is 261 g/mol. The Balaban J connectivity index is 1.61. The van der Waals surface area contributed by atoms with Gasteiger partial charge < -0.3 is 15.2 Å². The van der Waals surface area contributed by atoms with Crippen molar-refractivity contribution in [3.63, 3.8) is 0 Å². The molecular weight excluding hydrogens is 242 g/mol. The van der Waals surface area contributed by atoms with Crippen molar-refractivity contribution in [2.75, 3.05) is 19.8 Å². The number of nitrogens with one attached hydrogen (secondary N) is 1. The number of carbonyl (C=O) groups excluding carboxylic acids is 1. The molecule has 0 aromatic heterocycles. The van der Waals surface area contributed by atoms with Crippen LogP contribution in [0.4, 0.5) is 0 Å². The summed E-state index contributed by atoms with van der Waals surface area (Å²) in [4.78, 5) is 12.1. The van der Waals surface area contributed by atoms with E-state index in [4.69, 9.17) is 9.84 Å². The number of fused-ring (bicyclic) bond motifs is 1. The Morgan fingerprint density at radius 1 is 1.42 bits per heavy atom. The van der Waals surface area contributed by atoms with Gasteiger partial charge in [-0.15, -0.1) is 0 Å². The molecule has 0 saturated heterocycles. The molecule has 1 aliphatic carbocycles. The van der Waals surface area contributed by atoms with Crippen LogP contribution < -0.4 is 10.1 Å². The fraction of sp³-hybridized carbons (Fsp3) is 0.533. The molecule has 1 saturated carbocycles. The van der Waals surface area contributed by atoms with Crippen molar-refractivity contribution in [3.05, 3.63) is 29.3 Å². The summed E-state index contributed by atoms with van der Waals surface area (Å²) in [5, 5.41) is 12.0. The normalized spacial score (nSPS) is 18.6. The lowest BCUT2D eigenvalue weighted by atomic mass is 10.0. The SMILES string of the molecule is O=C(NCC1(CCO)CC1)c1ccc2c(c1)CCO2. The van der Waals surface area contributed by atoms with E-state index in [0.29, 0.717) is 18.7 Å². The van der Waals surface area contributed by atoms with Gasteiger partial charge in [-0.25, -0.2) is 0 Å². The zero-order chi connectivity index (χ0) is 13.3. The minimum atomic E-state index is -0.0288. The smallest absolute Gasteiger partial charge is 0.251 e. The number of hydrogen-bond donors (Lipinski definition) is 2. The van der Waals surface area contributed by atoms with Crippen LogP contribution in [-0.4, -0.2) is 30.8 Å². The van der Waals surface area contributed by atoms with E-state index in [1.54, 1.807) is 0 Å². The van der Waals surface area contributed by atoms with E-state index < -0.39 is 0 Å². The Morgan fingerprint density at radius 2 is 2.26 bits per heavy atom. The summed E-state index contributed by atoms with van der Waals surface area (Å²) < 4.78 is 5.43. The van der Waals surface area contributed by atoms with Gasteiger partial charge in [0.1, 0.15) is 5.75 Å². The van der Waals surface area contributed by atoms with E-state index >= 15 is 0 Å². The van der Waals surface area contributed by atoms with Crippen molar-refractivity contribution in [1.82, 2.24) is 5.32 Å². The first-order chi connectivity index (χ1) is 9.22. The van der Waals surface area contributed by atoms with Crippen LogP contribution in [0.5, 0.6) is 5.75 Å². The lowest BCUT2D eigenvalue weighted by Gasteiger charge is -2.14. The predicted molar refractivity (Wildman–Crippen MR) is 71.3 cm³/mol. The fourth-order valence-electron chi connectivity index (χ4n) is 2.63. The second-order valence-corrected chi connectivity index (χ2v) is 5.58. The summed E-state index contributed by atoms with van der Waals surface area (Å²) in [5.74, 6) is 0.870. The third-order valence-corrected chi connectivity index (χ3v) is 4.17. The molecule has 0 atom stereocenters. The van der Waals surface area contributed by atoms with Gasteiger partial charge in [0, 0.05) is 25.1 Å². The largest absolute Gasteiger partial charge is 0.493 e.